The number of fused-ring (bicyclic) bond motifs is 1. The van der Waals surface area contributed by atoms with Gasteiger partial charge >= 0.3 is 0 Å². The van der Waals surface area contributed by atoms with Gasteiger partial charge in [-0.1, -0.05) is 6.07 Å². The van der Waals surface area contributed by atoms with E-state index in [1.807, 2.05) is 17.5 Å². The number of hydrogen-bond acceptors (Lipinski definition) is 6. The van der Waals surface area contributed by atoms with E-state index in [0.717, 1.165) is 42.1 Å². The third-order valence-corrected chi connectivity index (χ3v) is 8.08. The van der Waals surface area contributed by atoms with Crippen LogP contribution in [0.25, 0.3) is 0 Å². The van der Waals surface area contributed by atoms with Crippen molar-refractivity contribution in [3.05, 3.63) is 46.2 Å². The minimum atomic E-state index is -3.66. The fourth-order valence-corrected chi connectivity index (χ4v) is 6.07. The van der Waals surface area contributed by atoms with Crippen LogP contribution in [-0.2, 0) is 26.0 Å². The van der Waals surface area contributed by atoms with Crippen LogP contribution in [0.3, 0.4) is 0 Å². The largest absolute Gasteiger partial charge is 0.379 e. The van der Waals surface area contributed by atoms with Gasteiger partial charge in [-0.2, -0.15) is 0 Å². The van der Waals surface area contributed by atoms with Crippen LogP contribution in [0.15, 0.2) is 40.6 Å². The van der Waals surface area contributed by atoms with Crippen molar-refractivity contribution in [2.75, 3.05) is 44.3 Å². The first-order valence-corrected chi connectivity index (χ1v) is 12.6. The molecule has 1 amide bonds. The number of morpholine rings is 1. The molecule has 0 saturated carbocycles. The second kappa shape index (κ2) is 9.15. The van der Waals surface area contributed by atoms with Crippen molar-refractivity contribution in [2.24, 2.45) is 0 Å². The SMILES string of the molecule is CC(=O)N1CCCc2cc(S(=O)(=O)NCC(c3cccs3)N3CCOCC3)ccc21. The number of hydrogen-bond donors (Lipinski definition) is 1. The monoisotopic (exact) mass is 449 g/mol. The maximum Gasteiger partial charge on any atom is 0.240 e. The van der Waals surface area contributed by atoms with Gasteiger partial charge in [-0.05, 0) is 48.1 Å². The molecular weight excluding hydrogens is 422 g/mol. The second-order valence-electron chi connectivity index (χ2n) is 7.60. The molecule has 2 aliphatic rings. The number of benzene rings is 1. The van der Waals surface area contributed by atoms with Gasteiger partial charge < -0.3 is 9.64 Å². The summed E-state index contributed by atoms with van der Waals surface area (Å²) in [4.78, 5) is 17.2. The molecule has 0 bridgehead atoms. The molecule has 1 aromatic carbocycles. The van der Waals surface area contributed by atoms with Crippen molar-refractivity contribution in [2.45, 2.75) is 30.7 Å². The Hall–Kier alpha value is -1.78. The molecule has 2 aliphatic heterocycles. The van der Waals surface area contributed by atoms with Crippen molar-refractivity contribution in [1.29, 1.82) is 0 Å². The highest BCUT2D eigenvalue weighted by atomic mass is 32.2. The maximum atomic E-state index is 13.1. The summed E-state index contributed by atoms with van der Waals surface area (Å²) in [6.07, 6.45) is 1.61. The molecule has 1 fully saturated rings. The highest BCUT2D eigenvalue weighted by Gasteiger charge is 2.27. The molecule has 1 N–H and O–H groups in total. The van der Waals surface area contributed by atoms with Gasteiger partial charge in [-0.15, -0.1) is 11.3 Å². The number of carbonyl (C=O) groups is 1. The van der Waals surface area contributed by atoms with E-state index in [0.29, 0.717) is 26.3 Å². The van der Waals surface area contributed by atoms with Crippen LogP contribution in [0.2, 0.25) is 0 Å². The minimum absolute atomic E-state index is 0.0190. The number of carbonyl (C=O) groups excluding carboxylic acids is 1. The van der Waals surface area contributed by atoms with Gasteiger partial charge in [0.15, 0.2) is 0 Å². The molecule has 1 atom stereocenters. The van der Waals surface area contributed by atoms with Crippen LogP contribution in [0.4, 0.5) is 5.69 Å². The fourth-order valence-electron chi connectivity index (χ4n) is 4.12. The number of nitrogens with one attached hydrogen (secondary N) is 1. The van der Waals surface area contributed by atoms with Crippen molar-refractivity contribution in [3.63, 3.8) is 0 Å². The summed E-state index contributed by atoms with van der Waals surface area (Å²) < 4.78 is 34.4. The van der Waals surface area contributed by atoms with Crippen LogP contribution in [0.5, 0.6) is 0 Å². The van der Waals surface area contributed by atoms with Crippen LogP contribution >= 0.6 is 11.3 Å². The number of amides is 1. The van der Waals surface area contributed by atoms with E-state index >= 15 is 0 Å². The molecule has 7 nitrogen and oxygen atoms in total. The smallest absolute Gasteiger partial charge is 0.240 e. The molecule has 1 aromatic heterocycles. The summed E-state index contributed by atoms with van der Waals surface area (Å²) in [5.41, 5.74) is 1.72. The lowest BCUT2D eigenvalue weighted by atomic mass is 10.0. The van der Waals surface area contributed by atoms with Crippen molar-refractivity contribution >= 4 is 33.0 Å². The summed E-state index contributed by atoms with van der Waals surface area (Å²) >= 11 is 1.64. The zero-order valence-electron chi connectivity index (χ0n) is 17.0. The molecule has 0 spiro atoms. The first kappa shape index (κ1) is 21.5. The molecule has 3 heterocycles. The third-order valence-electron chi connectivity index (χ3n) is 5.68. The Kier molecular flexibility index (Phi) is 6.54. The normalized spacial score (nSPS) is 18.8. The number of ether oxygens (including phenoxy) is 1. The lowest BCUT2D eigenvalue weighted by Crippen LogP contribution is -2.43. The minimum Gasteiger partial charge on any atom is -0.379 e. The number of nitrogens with zero attached hydrogens (tertiary/aromatic N) is 2. The van der Waals surface area contributed by atoms with Crippen LogP contribution in [0.1, 0.15) is 29.8 Å². The Balaban J connectivity index is 1.53. The zero-order chi connectivity index (χ0) is 21.1. The van der Waals surface area contributed by atoms with E-state index in [4.69, 9.17) is 4.74 Å². The maximum absolute atomic E-state index is 13.1. The second-order valence-corrected chi connectivity index (χ2v) is 10.3. The lowest BCUT2D eigenvalue weighted by Gasteiger charge is -2.34. The van der Waals surface area contributed by atoms with E-state index in [2.05, 4.69) is 9.62 Å². The Bertz CT molecular complexity index is 986. The Morgan fingerprint density at radius 1 is 1.23 bits per heavy atom. The first-order valence-electron chi connectivity index (χ1n) is 10.2. The van der Waals surface area contributed by atoms with Gasteiger partial charge in [0.25, 0.3) is 0 Å². The van der Waals surface area contributed by atoms with E-state index in [-0.39, 0.29) is 16.8 Å². The average molecular weight is 450 g/mol. The van der Waals surface area contributed by atoms with Gasteiger partial charge in [-0.25, -0.2) is 13.1 Å². The molecule has 30 heavy (non-hydrogen) atoms. The predicted molar refractivity (Wildman–Crippen MR) is 117 cm³/mol. The Morgan fingerprint density at radius 2 is 2.03 bits per heavy atom. The molecule has 162 valence electrons. The number of thiophene rings is 1. The van der Waals surface area contributed by atoms with Crippen molar-refractivity contribution in [1.82, 2.24) is 9.62 Å². The van der Waals surface area contributed by atoms with Crippen LogP contribution in [-0.4, -0.2) is 58.6 Å². The Labute approximate surface area is 181 Å². The summed E-state index contributed by atoms with van der Waals surface area (Å²) in [7, 11) is -3.66. The van der Waals surface area contributed by atoms with Crippen LogP contribution < -0.4 is 9.62 Å². The average Bonchev–Trinajstić information content (AvgIpc) is 3.28. The van der Waals surface area contributed by atoms with Gasteiger partial charge in [0, 0.05) is 43.7 Å². The number of sulfonamides is 1. The quantitative estimate of drug-likeness (QED) is 0.733. The van der Waals surface area contributed by atoms with Crippen LogP contribution in [0, 0.1) is 0 Å². The fraction of sp³-hybridized carbons (Fsp3) is 0.476. The zero-order valence-corrected chi connectivity index (χ0v) is 18.7. The van der Waals surface area contributed by atoms with Crippen molar-refractivity contribution in [3.8, 4) is 0 Å². The summed E-state index contributed by atoms with van der Waals surface area (Å²) in [6.45, 7) is 5.40. The molecule has 4 rings (SSSR count). The highest BCUT2D eigenvalue weighted by Crippen LogP contribution is 2.30. The van der Waals surface area contributed by atoms with E-state index in [9.17, 15) is 13.2 Å². The molecule has 1 unspecified atom stereocenters. The molecule has 2 aromatic rings. The molecule has 9 heteroatoms. The molecule has 0 aliphatic carbocycles. The summed E-state index contributed by atoms with van der Waals surface area (Å²) in [6, 6.07) is 9.08. The van der Waals surface area contributed by atoms with Crippen molar-refractivity contribution < 1.29 is 17.9 Å². The number of aryl methyl sites for hydroxylation is 1. The number of rotatable bonds is 6. The molecule has 1 saturated heterocycles. The summed E-state index contributed by atoms with van der Waals surface area (Å²) in [5.74, 6) is -0.0195. The van der Waals surface area contributed by atoms with Gasteiger partial charge in [0.1, 0.15) is 0 Å². The highest BCUT2D eigenvalue weighted by molar-refractivity contribution is 7.89. The predicted octanol–water partition coefficient (Wildman–Crippen LogP) is 2.40. The third kappa shape index (κ3) is 4.60. The van der Waals surface area contributed by atoms with E-state index < -0.39 is 10.0 Å². The number of anilines is 1. The van der Waals surface area contributed by atoms with Gasteiger partial charge in [-0.3, -0.25) is 9.69 Å². The molecular formula is C21H27N3O4S2. The topological polar surface area (TPSA) is 79.0 Å². The summed E-state index contributed by atoms with van der Waals surface area (Å²) in [5, 5.41) is 2.02. The van der Waals surface area contributed by atoms with Gasteiger partial charge in [0.2, 0.25) is 15.9 Å². The Morgan fingerprint density at radius 3 is 2.73 bits per heavy atom. The lowest BCUT2D eigenvalue weighted by molar-refractivity contribution is -0.116. The van der Waals surface area contributed by atoms with E-state index in [1.54, 1.807) is 34.4 Å². The molecule has 0 radical (unpaired) electrons. The first-order chi connectivity index (χ1) is 14.5. The van der Waals surface area contributed by atoms with Gasteiger partial charge in [0.05, 0.1) is 24.2 Å². The van der Waals surface area contributed by atoms with E-state index in [1.165, 1.54) is 6.92 Å². The standard InChI is InChI=1S/C21H27N3O4S2/c1-16(25)24-8-2-4-17-14-18(6-7-19(17)24)30(26,27)22-15-20(21-5-3-13-29-21)23-9-11-28-12-10-23/h3,5-7,13-14,20,22H,2,4,8-12,15H2,1H3.